The van der Waals surface area contributed by atoms with Crippen LogP contribution in [0.15, 0.2) is 42.5 Å². The first-order chi connectivity index (χ1) is 9.61. The predicted molar refractivity (Wildman–Crippen MR) is 77.9 cm³/mol. The molecular weight excluding hydrogens is 252 g/mol. The van der Waals surface area contributed by atoms with E-state index in [1.807, 2.05) is 43.3 Å². The molecule has 0 saturated heterocycles. The van der Waals surface area contributed by atoms with E-state index in [1.54, 1.807) is 7.11 Å². The molecule has 0 radical (unpaired) electrons. The summed E-state index contributed by atoms with van der Waals surface area (Å²) in [6.45, 7) is 2.04. The van der Waals surface area contributed by atoms with E-state index in [0.717, 1.165) is 39.1 Å². The van der Waals surface area contributed by atoms with Gasteiger partial charge < -0.3 is 9.84 Å². The number of carbonyl (C=O) groups is 1. The highest BCUT2D eigenvalue weighted by molar-refractivity contribution is 6.07. The Hall–Kier alpha value is -2.55. The number of carboxylic acids is 1. The number of hydrogen-bond donors (Lipinski definition) is 1. The Morgan fingerprint density at radius 2 is 1.95 bits per heavy atom. The summed E-state index contributed by atoms with van der Waals surface area (Å²) in [4.78, 5) is 11.1. The van der Waals surface area contributed by atoms with Crippen molar-refractivity contribution in [2.45, 2.75) is 6.92 Å². The van der Waals surface area contributed by atoms with Gasteiger partial charge in [-0.15, -0.1) is 0 Å². The first-order valence-corrected chi connectivity index (χ1v) is 6.35. The molecular formula is C17H14O3. The average Bonchev–Trinajstić information content (AvgIpc) is 2.73. The van der Waals surface area contributed by atoms with Crippen molar-refractivity contribution in [2.24, 2.45) is 0 Å². The van der Waals surface area contributed by atoms with Gasteiger partial charge in [-0.1, -0.05) is 24.3 Å². The average molecular weight is 266 g/mol. The van der Waals surface area contributed by atoms with Crippen LogP contribution in [0, 0.1) is 6.92 Å². The molecule has 0 aromatic heterocycles. The van der Waals surface area contributed by atoms with E-state index in [-0.39, 0.29) is 0 Å². The monoisotopic (exact) mass is 266 g/mol. The molecule has 20 heavy (non-hydrogen) atoms. The van der Waals surface area contributed by atoms with Crippen molar-refractivity contribution < 1.29 is 14.6 Å². The van der Waals surface area contributed by atoms with Gasteiger partial charge in [0, 0.05) is 6.08 Å². The molecule has 0 amide bonds. The molecule has 3 nitrogen and oxygen atoms in total. The third kappa shape index (κ3) is 1.79. The maximum Gasteiger partial charge on any atom is 0.328 e. The summed E-state index contributed by atoms with van der Waals surface area (Å²) in [7, 11) is 1.61. The molecule has 1 aliphatic carbocycles. The van der Waals surface area contributed by atoms with Crippen LogP contribution < -0.4 is 4.74 Å². The third-order valence-corrected chi connectivity index (χ3v) is 3.62. The summed E-state index contributed by atoms with van der Waals surface area (Å²) in [6, 6.07) is 11.7. The van der Waals surface area contributed by atoms with Gasteiger partial charge in [-0.3, -0.25) is 0 Å². The number of aliphatic carboxylic acids is 1. The minimum Gasteiger partial charge on any atom is -0.497 e. The fourth-order valence-electron chi connectivity index (χ4n) is 2.76. The molecule has 2 aromatic carbocycles. The second-order valence-electron chi connectivity index (χ2n) is 4.81. The molecule has 0 aliphatic heterocycles. The van der Waals surface area contributed by atoms with Crippen LogP contribution in [-0.2, 0) is 4.79 Å². The van der Waals surface area contributed by atoms with Crippen molar-refractivity contribution in [3.05, 3.63) is 59.2 Å². The van der Waals surface area contributed by atoms with E-state index in [0.29, 0.717) is 0 Å². The number of fused-ring (bicyclic) bond motifs is 3. The fraction of sp³-hybridized carbons (Fsp3) is 0.118. The second kappa shape index (κ2) is 4.53. The van der Waals surface area contributed by atoms with Crippen molar-refractivity contribution in [2.75, 3.05) is 7.11 Å². The zero-order chi connectivity index (χ0) is 14.3. The highest BCUT2D eigenvalue weighted by atomic mass is 16.5. The molecule has 0 spiro atoms. The molecule has 3 rings (SSSR count). The minimum absolute atomic E-state index is 0.727. The van der Waals surface area contributed by atoms with Gasteiger partial charge in [0.15, 0.2) is 0 Å². The van der Waals surface area contributed by atoms with Crippen molar-refractivity contribution in [1.29, 1.82) is 0 Å². The SMILES string of the molecule is COc1ccc2c(c1)/C(=C/C(=O)O)c1cccc(C)c1-2. The summed E-state index contributed by atoms with van der Waals surface area (Å²) in [5.74, 6) is -0.214. The molecule has 1 N–H and O–H groups in total. The molecule has 0 atom stereocenters. The third-order valence-electron chi connectivity index (χ3n) is 3.62. The van der Waals surface area contributed by atoms with Crippen molar-refractivity contribution in [3.8, 4) is 16.9 Å². The molecule has 2 aromatic rings. The van der Waals surface area contributed by atoms with Gasteiger partial charge in [-0.2, -0.15) is 0 Å². The predicted octanol–water partition coefficient (Wildman–Crippen LogP) is 3.50. The number of ether oxygens (including phenoxy) is 1. The zero-order valence-electron chi connectivity index (χ0n) is 11.3. The fourth-order valence-corrected chi connectivity index (χ4v) is 2.76. The van der Waals surface area contributed by atoms with E-state index in [4.69, 9.17) is 9.84 Å². The molecule has 0 fully saturated rings. The standard InChI is InChI=1S/C17H14O3/c1-10-4-3-5-12-15(9-16(18)19)14-8-11(20-2)6-7-13(14)17(10)12/h3-9H,1-2H3,(H,18,19)/b15-9+. The lowest BCUT2D eigenvalue weighted by atomic mass is 10.0. The number of methoxy groups -OCH3 is 1. The molecule has 100 valence electrons. The number of hydrogen-bond acceptors (Lipinski definition) is 2. The molecule has 0 unspecified atom stereocenters. The summed E-state index contributed by atoms with van der Waals surface area (Å²) < 4.78 is 5.25. The van der Waals surface area contributed by atoms with Crippen LogP contribution in [0.2, 0.25) is 0 Å². The Morgan fingerprint density at radius 1 is 1.15 bits per heavy atom. The Labute approximate surface area is 117 Å². The van der Waals surface area contributed by atoms with Crippen LogP contribution in [0.1, 0.15) is 16.7 Å². The Bertz CT molecular complexity index is 742. The molecule has 3 heteroatoms. The highest BCUT2D eigenvalue weighted by Gasteiger charge is 2.25. The van der Waals surface area contributed by atoms with Crippen molar-refractivity contribution >= 4 is 11.5 Å². The van der Waals surface area contributed by atoms with Crippen LogP contribution in [0.4, 0.5) is 0 Å². The van der Waals surface area contributed by atoms with E-state index in [2.05, 4.69) is 0 Å². The topological polar surface area (TPSA) is 46.5 Å². The van der Waals surface area contributed by atoms with Gasteiger partial charge in [-0.25, -0.2) is 4.79 Å². The molecule has 1 aliphatic rings. The van der Waals surface area contributed by atoms with Gasteiger partial charge in [0.05, 0.1) is 7.11 Å². The number of carboxylic acid groups (broad SMARTS) is 1. The normalized spacial score (nSPS) is 14.0. The lowest BCUT2D eigenvalue weighted by Crippen LogP contribution is -1.92. The van der Waals surface area contributed by atoms with Crippen LogP contribution in [0.25, 0.3) is 16.7 Å². The number of rotatable bonds is 2. The Morgan fingerprint density at radius 3 is 2.65 bits per heavy atom. The van der Waals surface area contributed by atoms with Crippen molar-refractivity contribution in [3.63, 3.8) is 0 Å². The van der Waals surface area contributed by atoms with Crippen LogP contribution in [0.5, 0.6) is 5.75 Å². The first kappa shape index (κ1) is 12.5. The molecule has 0 bridgehead atoms. The Kier molecular flexibility index (Phi) is 2.83. The number of aryl methyl sites for hydroxylation is 1. The maximum absolute atomic E-state index is 11.1. The van der Waals surface area contributed by atoms with E-state index in [9.17, 15) is 4.79 Å². The summed E-state index contributed by atoms with van der Waals surface area (Å²) in [5.41, 5.74) is 5.93. The Balaban J connectivity index is 2.35. The second-order valence-corrected chi connectivity index (χ2v) is 4.81. The van der Waals surface area contributed by atoms with Gasteiger partial charge in [-0.05, 0) is 52.4 Å². The molecule has 0 saturated carbocycles. The highest BCUT2D eigenvalue weighted by Crippen LogP contribution is 2.46. The van der Waals surface area contributed by atoms with Crippen LogP contribution in [-0.4, -0.2) is 18.2 Å². The quantitative estimate of drug-likeness (QED) is 0.722. The van der Waals surface area contributed by atoms with Gasteiger partial charge in [0.2, 0.25) is 0 Å². The number of benzene rings is 2. The van der Waals surface area contributed by atoms with Crippen molar-refractivity contribution in [1.82, 2.24) is 0 Å². The minimum atomic E-state index is -0.942. The van der Waals surface area contributed by atoms with Gasteiger partial charge in [0.25, 0.3) is 0 Å². The summed E-state index contributed by atoms with van der Waals surface area (Å²) in [5, 5.41) is 9.11. The smallest absolute Gasteiger partial charge is 0.328 e. The zero-order valence-corrected chi connectivity index (χ0v) is 11.3. The van der Waals surface area contributed by atoms with E-state index < -0.39 is 5.97 Å². The van der Waals surface area contributed by atoms with Crippen LogP contribution in [0.3, 0.4) is 0 Å². The molecule has 0 heterocycles. The van der Waals surface area contributed by atoms with Gasteiger partial charge >= 0.3 is 5.97 Å². The lowest BCUT2D eigenvalue weighted by Gasteiger charge is -2.05. The van der Waals surface area contributed by atoms with E-state index in [1.165, 1.54) is 6.08 Å². The largest absolute Gasteiger partial charge is 0.497 e. The summed E-state index contributed by atoms with van der Waals surface area (Å²) in [6.07, 6.45) is 1.27. The van der Waals surface area contributed by atoms with Gasteiger partial charge in [0.1, 0.15) is 5.75 Å². The van der Waals surface area contributed by atoms with Crippen LogP contribution >= 0.6 is 0 Å². The first-order valence-electron chi connectivity index (χ1n) is 6.35. The lowest BCUT2D eigenvalue weighted by molar-refractivity contribution is -0.131. The summed E-state index contributed by atoms with van der Waals surface area (Å²) >= 11 is 0. The maximum atomic E-state index is 11.1. The van der Waals surface area contributed by atoms with E-state index >= 15 is 0 Å².